The number of rotatable bonds is 4. The number of aromatic nitrogens is 1. The third-order valence-corrected chi connectivity index (χ3v) is 4.32. The van der Waals surface area contributed by atoms with Gasteiger partial charge in [-0.2, -0.15) is 0 Å². The van der Waals surface area contributed by atoms with Gasteiger partial charge in [-0.1, -0.05) is 42.5 Å². The first-order valence-corrected chi connectivity index (χ1v) is 8.72. The zero-order valence-corrected chi connectivity index (χ0v) is 15.7. The second kappa shape index (κ2) is 7.87. The number of nitrogens with zero attached hydrogens (tertiary/aromatic N) is 3. The molecule has 0 bridgehead atoms. The largest absolute Gasteiger partial charge is 0.254 e. The molecule has 0 aliphatic rings. The predicted octanol–water partition coefficient (Wildman–Crippen LogP) is 5.82. The van der Waals surface area contributed by atoms with Gasteiger partial charge < -0.3 is 0 Å². The summed E-state index contributed by atoms with van der Waals surface area (Å²) in [6.45, 7) is 8.28. The first kappa shape index (κ1) is 17.7. The fraction of sp³-hybridized carbons (Fsp3) is 0.174. The Bertz CT molecular complexity index is 867. The maximum Gasteiger partial charge on any atom is 0.0820 e. The number of pyridine rings is 1. The van der Waals surface area contributed by atoms with E-state index in [1.807, 2.05) is 42.8 Å². The maximum atomic E-state index is 4.63. The van der Waals surface area contributed by atoms with E-state index < -0.39 is 0 Å². The molecule has 0 radical (unpaired) electrons. The molecule has 0 aliphatic heterocycles. The van der Waals surface area contributed by atoms with Crippen LogP contribution in [0.3, 0.4) is 0 Å². The highest BCUT2D eigenvalue weighted by molar-refractivity contribution is 5.84. The van der Waals surface area contributed by atoms with Crippen LogP contribution in [0.15, 0.2) is 64.6 Å². The second-order valence-corrected chi connectivity index (χ2v) is 6.48. The third-order valence-electron chi connectivity index (χ3n) is 4.32. The number of benzene rings is 2. The molecule has 2 aromatic carbocycles. The van der Waals surface area contributed by atoms with Crippen molar-refractivity contribution in [2.75, 3.05) is 0 Å². The van der Waals surface area contributed by atoms with E-state index in [1.165, 1.54) is 0 Å². The lowest BCUT2D eigenvalue weighted by atomic mass is 10.1. The third kappa shape index (κ3) is 4.12. The molecule has 0 spiro atoms. The molecule has 0 unspecified atom stereocenters. The van der Waals surface area contributed by atoms with Crippen LogP contribution in [-0.2, 0) is 0 Å². The summed E-state index contributed by atoms with van der Waals surface area (Å²) in [5.41, 5.74) is 8.29. The first-order chi connectivity index (χ1) is 12.5. The Labute approximate surface area is 155 Å². The average Bonchev–Trinajstić information content (AvgIpc) is 2.61. The quantitative estimate of drug-likeness (QED) is 0.551. The molecule has 3 rings (SSSR count). The van der Waals surface area contributed by atoms with Crippen LogP contribution in [0.4, 0.5) is 11.4 Å². The highest BCUT2D eigenvalue weighted by Gasteiger charge is 2.01. The number of aryl methyl sites for hydroxylation is 4. The van der Waals surface area contributed by atoms with E-state index in [-0.39, 0.29) is 0 Å². The van der Waals surface area contributed by atoms with Gasteiger partial charge in [-0.05, 0) is 62.1 Å². The van der Waals surface area contributed by atoms with Crippen molar-refractivity contribution in [2.24, 2.45) is 9.98 Å². The van der Waals surface area contributed by atoms with E-state index in [1.54, 1.807) is 0 Å². The van der Waals surface area contributed by atoms with Crippen molar-refractivity contribution >= 4 is 23.8 Å². The van der Waals surface area contributed by atoms with Crippen molar-refractivity contribution in [3.63, 3.8) is 0 Å². The van der Waals surface area contributed by atoms with Crippen LogP contribution in [-0.4, -0.2) is 17.4 Å². The molecule has 0 saturated heterocycles. The van der Waals surface area contributed by atoms with Crippen molar-refractivity contribution in [3.8, 4) is 0 Å². The highest BCUT2D eigenvalue weighted by Crippen LogP contribution is 2.23. The molecule has 0 amide bonds. The average molecular weight is 341 g/mol. The molecular weight excluding hydrogens is 318 g/mol. The lowest BCUT2D eigenvalue weighted by Crippen LogP contribution is -1.93. The fourth-order valence-electron chi connectivity index (χ4n) is 2.89. The minimum atomic E-state index is 0.818. The summed E-state index contributed by atoms with van der Waals surface area (Å²) in [6.07, 6.45) is 3.62. The minimum absolute atomic E-state index is 0.818. The summed E-state index contributed by atoms with van der Waals surface area (Å²) in [5.74, 6) is 0. The fourth-order valence-corrected chi connectivity index (χ4v) is 2.89. The van der Waals surface area contributed by atoms with E-state index in [0.717, 1.165) is 45.0 Å². The number of hydrogen-bond acceptors (Lipinski definition) is 3. The van der Waals surface area contributed by atoms with Crippen LogP contribution in [0.25, 0.3) is 0 Å². The lowest BCUT2D eigenvalue weighted by Gasteiger charge is -2.04. The van der Waals surface area contributed by atoms with E-state index in [2.05, 4.69) is 66.9 Å². The van der Waals surface area contributed by atoms with E-state index in [4.69, 9.17) is 0 Å². The van der Waals surface area contributed by atoms with Gasteiger partial charge in [-0.15, -0.1) is 0 Å². The van der Waals surface area contributed by atoms with Gasteiger partial charge in [-0.3, -0.25) is 9.98 Å². The van der Waals surface area contributed by atoms with Gasteiger partial charge in [0.1, 0.15) is 0 Å². The molecule has 3 aromatic rings. The second-order valence-electron chi connectivity index (χ2n) is 6.48. The van der Waals surface area contributed by atoms with Crippen LogP contribution in [0, 0.1) is 27.7 Å². The van der Waals surface area contributed by atoms with Crippen molar-refractivity contribution in [2.45, 2.75) is 27.7 Å². The standard InChI is InChI=1S/C23H23N3/c1-16-8-5-9-17(2)22(16)24-14-20-12-7-13-21(26-20)15-25-23-18(3)10-6-11-19(23)4/h5-15H,1-4H3/b24-14+,25-15+. The molecule has 1 aromatic heterocycles. The lowest BCUT2D eigenvalue weighted by molar-refractivity contribution is 1.26. The Hall–Kier alpha value is -3.07. The molecule has 0 fully saturated rings. The Kier molecular flexibility index (Phi) is 5.37. The molecule has 0 N–H and O–H groups in total. The Morgan fingerprint density at radius 2 is 0.923 bits per heavy atom. The van der Waals surface area contributed by atoms with E-state index in [9.17, 15) is 0 Å². The summed E-state index contributed by atoms with van der Waals surface area (Å²) in [6, 6.07) is 18.3. The summed E-state index contributed by atoms with van der Waals surface area (Å²) in [4.78, 5) is 13.9. The molecule has 0 atom stereocenters. The summed E-state index contributed by atoms with van der Waals surface area (Å²) < 4.78 is 0. The number of hydrogen-bond donors (Lipinski definition) is 0. The summed E-state index contributed by atoms with van der Waals surface area (Å²) in [5, 5.41) is 0. The zero-order chi connectivity index (χ0) is 18.5. The van der Waals surface area contributed by atoms with Crippen molar-refractivity contribution in [1.82, 2.24) is 4.98 Å². The Morgan fingerprint density at radius 1 is 0.577 bits per heavy atom. The van der Waals surface area contributed by atoms with Crippen LogP contribution in [0.2, 0.25) is 0 Å². The van der Waals surface area contributed by atoms with Gasteiger partial charge in [-0.25, -0.2) is 4.98 Å². The minimum Gasteiger partial charge on any atom is -0.254 e. The van der Waals surface area contributed by atoms with Gasteiger partial charge in [0.15, 0.2) is 0 Å². The predicted molar refractivity (Wildman–Crippen MR) is 111 cm³/mol. The topological polar surface area (TPSA) is 37.6 Å². The molecule has 0 saturated carbocycles. The van der Waals surface area contributed by atoms with Crippen LogP contribution in [0.5, 0.6) is 0 Å². The van der Waals surface area contributed by atoms with Gasteiger partial charge in [0.05, 0.1) is 35.2 Å². The van der Waals surface area contributed by atoms with Crippen molar-refractivity contribution < 1.29 is 0 Å². The molecule has 0 aliphatic carbocycles. The van der Waals surface area contributed by atoms with E-state index in [0.29, 0.717) is 0 Å². The molecular formula is C23H23N3. The maximum absolute atomic E-state index is 4.63. The van der Waals surface area contributed by atoms with E-state index >= 15 is 0 Å². The van der Waals surface area contributed by atoms with Gasteiger partial charge in [0, 0.05) is 0 Å². The SMILES string of the molecule is Cc1cccc(C)c1/N=C/c1cccc(/C=N/c2c(C)cccc2C)n1. The summed E-state index contributed by atoms with van der Waals surface area (Å²) in [7, 11) is 0. The van der Waals surface area contributed by atoms with Crippen molar-refractivity contribution in [3.05, 3.63) is 88.2 Å². The number of aliphatic imine (C=N–C) groups is 2. The molecule has 26 heavy (non-hydrogen) atoms. The van der Waals surface area contributed by atoms with Crippen LogP contribution in [0.1, 0.15) is 33.6 Å². The first-order valence-electron chi connectivity index (χ1n) is 8.72. The monoisotopic (exact) mass is 341 g/mol. The Morgan fingerprint density at radius 3 is 1.31 bits per heavy atom. The van der Waals surface area contributed by atoms with Gasteiger partial charge in [0.2, 0.25) is 0 Å². The van der Waals surface area contributed by atoms with Gasteiger partial charge >= 0.3 is 0 Å². The van der Waals surface area contributed by atoms with Gasteiger partial charge in [0.25, 0.3) is 0 Å². The molecule has 3 nitrogen and oxygen atoms in total. The van der Waals surface area contributed by atoms with Crippen molar-refractivity contribution in [1.29, 1.82) is 0 Å². The zero-order valence-electron chi connectivity index (χ0n) is 15.7. The Balaban J connectivity index is 1.85. The highest BCUT2D eigenvalue weighted by atomic mass is 14.8. The molecule has 130 valence electrons. The summed E-state index contributed by atoms with van der Waals surface area (Å²) >= 11 is 0. The van der Waals surface area contributed by atoms with Crippen LogP contribution < -0.4 is 0 Å². The molecule has 3 heteroatoms. The smallest absolute Gasteiger partial charge is 0.0820 e. The number of para-hydroxylation sites is 2. The normalized spacial score (nSPS) is 11.5. The van der Waals surface area contributed by atoms with Crippen LogP contribution >= 0.6 is 0 Å². The molecule has 1 heterocycles.